The summed E-state index contributed by atoms with van der Waals surface area (Å²) in [4.78, 5) is 62.6. The Balaban J connectivity index is 0.000000217. The van der Waals surface area contributed by atoms with Gasteiger partial charge in [-0.3, -0.25) is 19.2 Å². The average Bonchev–Trinajstić information content (AvgIpc) is 3.20. The lowest BCUT2D eigenvalue weighted by Crippen LogP contribution is -2.20. The van der Waals surface area contributed by atoms with Crippen molar-refractivity contribution in [1.29, 1.82) is 0 Å². The first-order valence-corrected chi connectivity index (χ1v) is 16.8. The van der Waals surface area contributed by atoms with E-state index in [0.29, 0.717) is 51.3 Å². The third-order valence-electron chi connectivity index (χ3n) is 7.38. The second-order valence-electron chi connectivity index (χ2n) is 11.3. The van der Waals surface area contributed by atoms with E-state index in [-0.39, 0.29) is 33.9 Å². The van der Waals surface area contributed by atoms with Gasteiger partial charge in [0.25, 0.3) is 23.6 Å². The molecule has 4 aromatic heterocycles. The minimum absolute atomic E-state index is 0.224. The highest BCUT2D eigenvalue weighted by Gasteiger charge is 2.16. The lowest BCUT2D eigenvalue weighted by atomic mass is 10.1. The van der Waals surface area contributed by atoms with Gasteiger partial charge in [0.1, 0.15) is 34.2 Å². The zero-order chi connectivity index (χ0) is 41.5. The second kappa shape index (κ2) is 20.1. The van der Waals surface area contributed by atoms with Crippen LogP contribution in [0.3, 0.4) is 0 Å². The van der Waals surface area contributed by atoms with Gasteiger partial charge in [0.05, 0.1) is 57.4 Å². The Hall–Kier alpha value is -7.73. The Labute approximate surface area is 329 Å². The number of rotatable bonds is 10. The fraction of sp³-hybridized carbons (Fsp3) is 0.0526. The lowest BCUT2D eigenvalue weighted by molar-refractivity contribution is 0.0955. The number of hydrogen-bond donors (Lipinski definition) is 8. The van der Waals surface area contributed by atoms with Crippen LogP contribution in [0.5, 0.6) is 0 Å². The van der Waals surface area contributed by atoms with Crippen LogP contribution in [0, 0.1) is 11.6 Å². The lowest BCUT2D eigenvalue weighted by Gasteiger charge is -2.15. The molecule has 0 aliphatic heterocycles. The molecule has 0 atom stereocenters. The highest BCUT2D eigenvalue weighted by molar-refractivity contribution is 6.29. The number of nitrogens with one attached hydrogen (secondary N) is 5. The monoisotopic (exact) mass is 796 g/mol. The van der Waals surface area contributed by atoms with Crippen LogP contribution >= 0.6 is 11.6 Å². The molecule has 0 aliphatic carbocycles. The number of primary amides is 2. The molecule has 0 saturated carbocycles. The molecule has 0 fully saturated rings. The van der Waals surface area contributed by atoms with E-state index < -0.39 is 17.6 Å². The zero-order valence-corrected chi connectivity index (χ0v) is 30.9. The number of nitrogens with zero attached hydrogens (tertiary/aromatic N) is 4. The first-order valence-electron chi connectivity index (χ1n) is 16.5. The minimum Gasteiger partial charge on any atom is -0.384 e. The minimum atomic E-state index is -0.604. The average molecular weight is 797 g/mol. The van der Waals surface area contributed by atoms with Crippen LogP contribution in [0.15, 0.2) is 110 Å². The summed E-state index contributed by atoms with van der Waals surface area (Å²) in [5.74, 6) is -1.59. The van der Waals surface area contributed by atoms with Crippen LogP contribution in [0.25, 0.3) is 0 Å². The predicted octanol–water partition coefficient (Wildman–Crippen LogP) is 5.30. The van der Waals surface area contributed by atoms with Crippen LogP contribution in [-0.2, 0) is 0 Å². The number of nitrogen functional groups attached to an aromatic ring is 1. The molecule has 0 bridgehead atoms. The normalized spacial score (nSPS) is 9.98. The van der Waals surface area contributed by atoms with Gasteiger partial charge in [0.15, 0.2) is 0 Å². The third kappa shape index (κ3) is 12.1. The van der Waals surface area contributed by atoms with Crippen LogP contribution in [0.4, 0.5) is 49.0 Å². The van der Waals surface area contributed by atoms with Crippen molar-refractivity contribution in [2.24, 2.45) is 11.5 Å². The molecule has 0 aliphatic rings. The zero-order valence-electron chi connectivity index (χ0n) is 30.2. The highest BCUT2D eigenvalue weighted by Crippen LogP contribution is 2.28. The molecule has 19 heteroatoms. The summed E-state index contributed by atoms with van der Waals surface area (Å²) in [5.41, 5.74) is 18.8. The van der Waals surface area contributed by atoms with Crippen molar-refractivity contribution in [3.63, 3.8) is 0 Å². The maximum Gasteiger partial charge on any atom is 0.254 e. The Morgan fingerprint density at radius 1 is 0.544 bits per heavy atom. The van der Waals surface area contributed by atoms with Crippen LogP contribution < -0.4 is 43.8 Å². The predicted molar refractivity (Wildman–Crippen MR) is 213 cm³/mol. The topological polar surface area (TPSA) is 258 Å². The summed E-state index contributed by atoms with van der Waals surface area (Å²) in [7, 11) is 3.01. The number of amides is 4. The second-order valence-corrected chi connectivity index (χ2v) is 11.7. The largest absolute Gasteiger partial charge is 0.384 e. The maximum atomic E-state index is 13.0. The Morgan fingerprint density at radius 2 is 1.02 bits per heavy atom. The molecule has 0 saturated heterocycles. The van der Waals surface area contributed by atoms with Gasteiger partial charge < -0.3 is 43.8 Å². The van der Waals surface area contributed by atoms with Crippen LogP contribution in [-0.4, -0.2) is 57.7 Å². The molecular weight excluding hydrogens is 762 g/mol. The number of pyridine rings is 4. The third-order valence-corrected chi connectivity index (χ3v) is 7.58. The number of hydrogen-bond acceptors (Lipinski definition) is 12. The van der Waals surface area contributed by atoms with Crippen molar-refractivity contribution in [2.75, 3.05) is 35.8 Å². The molecule has 4 amide bonds. The van der Waals surface area contributed by atoms with E-state index in [2.05, 4.69) is 46.5 Å². The van der Waals surface area contributed by atoms with Crippen molar-refractivity contribution in [3.8, 4) is 0 Å². The van der Waals surface area contributed by atoms with Gasteiger partial charge in [-0.1, -0.05) is 35.9 Å². The van der Waals surface area contributed by atoms with E-state index in [9.17, 15) is 28.0 Å². The van der Waals surface area contributed by atoms with Crippen molar-refractivity contribution in [2.45, 2.75) is 0 Å². The van der Waals surface area contributed by atoms with Gasteiger partial charge in [-0.15, -0.1) is 0 Å². The molecule has 2 aromatic carbocycles. The fourth-order valence-electron chi connectivity index (χ4n) is 4.66. The van der Waals surface area contributed by atoms with Crippen LogP contribution in [0.1, 0.15) is 41.4 Å². The van der Waals surface area contributed by atoms with Gasteiger partial charge in [-0.05, 0) is 54.6 Å². The molecule has 0 spiro atoms. The van der Waals surface area contributed by atoms with E-state index in [0.717, 1.165) is 12.4 Å². The first-order chi connectivity index (χ1) is 27.3. The summed E-state index contributed by atoms with van der Waals surface area (Å²) < 4.78 is 25.0. The Kier molecular flexibility index (Phi) is 14.8. The van der Waals surface area contributed by atoms with E-state index in [4.69, 9.17) is 28.8 Å². The van der Waals surface area contributed by atoms with Crippen molar-refractivity contribution in [1.82, 2.24) is 30.6 Å². The Morgan fingerprint density at radius 3 is 1.47 bits per heavy atom. The number of anilines is 7. The smallest absolute Gasteiger partial charge is 0.254 e. The van der Waals surface area contributed by atoms with E-state index in [1.54, 1.807) is 54.6 Å². The molecule has 11 N–H and O–H groups in total. The SMILES string of the molecule is CNC(=O)c1cnc(Cl)cc1Nc1ccccc1C(N)=O.CNC(=O)c1cnc(Nc2ccc(F)cn2)cc1Nc1ccccc1C(N)=O.Nc1ccc(F)cn1. The molecule has 0 radical (unpaired) electrons. The Bertz CT molecular complexity index is 2350. The van der Waals surface area contributed by atoms with Crippen molar-refractivity contribution in [3.05, 3.63) is 149 Å². The first kappa shape index (κ1) is 42.0. The number of carbonyl (C=O) groups is 4. The maximum absolute atomic E-state index is 13.0. The quantitative estimate of drug-likeness (QED) is 0.0822. The molecule has 57 heavy (non-hydrogen) atoms. The summed E-state index contributed by atoms with van der Waals surface area (Å²) in [6, 6.07) is 21.9. The molecular formula is C38H35ClF2N12O4. The summed E-state index contributed by atoms with van der Waals surface area (Å²) in [5, 5.41) is 14.2. The number of halogens is 3. The molecule has 4 heterocycles. The summed E-state index contributed by atoms with van der Waals surface area (Å²) in [6.07, 6.45) is 4.88. The highest BCUT2D eigenvalue weighted by atomic mass is 35.5. The number of benzene rings is 2. The number of para-hydroxylation sites is 2. The van der Waals surface area contributed by atoms with Crippen molar-refractivity contribution < 1.29 is 28.0 Å². The summed E-state index contributed by atoms with van der Waals surface area (Å²) >= 11 is 5.86. The standard InChI is InChI=1S/C19H17FN6O2.C14H13ClN4O2.C5H5FN2/c1-22-19(28)13-10-24-17(26-16-7-6-11(20)9-23-16)8-15(13)25-14-5-3-2-4-12(14)18(21)27;1-17-14(21)9-7-18-12(15)6-11(9)19-10-5-3-2-4-8(10)13(16)20;6-4-1-2-5(7)8-3-4/h2-10H,1H3,(H2,21,27)(H,22,28)(H2,23,24,25,26);2-7H,1H3,(H2,16,20)(H,17,21)(H,18,19);1-3H,(H2,7,8). The molecule has 0 unspecified atom stereocenters. The molecule has 6 aromatic rings. The van der Waals surface area contributed by atoms with Crippen LogP contribution in [0.2, 0.25) is 5.15 Å². The van der Waals surface area contributed by atoms with Gasteiger partial charge in [0, 0.05) is 32.6 Å². The summed E-state index contributed by atoms with van der Waals surface area (Å²) in [6.45, 7) is 0. The molecule has 6 rings (SSSR count). The van der Waals surface area contributed by atoms with E-state index in [1.807, 2.05) is 0 Å². The van der Waals surface area contributed by atoms with Gasteiger partial charge in [0.2, 0.25) is 0 Å². The van der Waals surface area contributed by atoms with E-state index in [1.165, 1.54) is 56.8 Å². The number of carbonyl (C=O) groups excluding carboxylic acids is 4. The molecule has 292 valence electrons. The van der Waals surface area contributed by atoms with Gasteiger partial charge in [-0.2, -0.15) is 0 Å². The number of nitrogens with two attached hydrogens (primary N) is 3. The van der Waals surface area contributed by atoms with E-state index >= 15 is 0 Å². The van der Waals surface area contributed by atoms with Crippen molar-refractivity contribution >= 4 is 75.4 Å². The fourth-order valence-corrected chi connectivity index (χ4v) is 4.82. The number of aromatic nitrogens is 4. The van der Waals surface area contributed by atoms with Gasteiger partial charge >= 0.3 is 0 Å². The van der Waals surface area contributed by atoms with Gasteiger partial charge in [-0.25, -0.2) is 28.7 Å². The molecule has 16 nitrogen and oxygen atoms in total.